The third kappa shape index (κ3) is 3.78. The lowest BCUT2D eigenvalue weighted by Crippen LogP contribution is -2.11. The quantitative estimate of drug-likeness (QED) is 0.680. The first-order valence-electron chi connectivity index (χ1n) is 4.11. The molecule has 1 heterocycles. The Labute approximate surface area is 99.1 Å². The standard InChI is InChI=1S/C10H13BrN2.ClH/c1-7(2)6-9(12)8-4-3-5-13-10(8)11;/h3-5,9H,1,6,12H2,2H3;1H/t9-;/m1./s1. The number of nitrogens with two attached hydrogens (primary N) is 1. The molecule has 0 spiro atoms. The minimum Gasteiger partial charge on any atom is -0.324 e. The van der Waals surface area contributed by atoms with E-state index in [-0.39, 0.29) is 18.4 Å². The molecule has 0 aliphatic heterocycles. The second kappa shape index (κ2) is 6.17. The van der Waals surface area contributed by atoms with Crippen LogP contribution in [0.2, 0.25) is 0 Å². The molecule has 0 saturated heterocycles. The number of hydrogen-bond acceptors (Lipinski definition) is 2. The molecule has 2 nitrogen and oxygen atoms in total. The van der Waals surface area contributed by atoms with Crippen LogP contribution in [0, 0.1) is 0 Å². The maximum absolute atomic E-state index is 5.97. The van der Waals surface area contributed by atoms with Crippen molar-refractivity contribution < 1.29 is 0 Å². The molecule has 0 radical (unpaired) electrons. The number of nitrogens with zero attached hydrogens (tertiary/aromatic N) is 1. The van der Waals surface area contributed by atoms with Crippen molar-refractivity contribution >= 4 is 28.3 Å². The molecule has 0 saturated carbocycles. The smallest absolute Gasteiger partial charge is 0.110 e. The molecule has 0 aromatic carbocycles. The van der Waals surface area contributed by atoms with Crippen molar-refractivity contribution in [1.29, 1.82) is 0 Å². The van der Waals surface area contributed by atoms with Crippen LogP contribution in [-0.4, -0.2) is 4.98 Å². The molecular weight excluding hydrogens is 263 g/mol. The van der Waals surface area contributed by atoms with E-state index in [9.17, 15) is 0 Å². The van der Waals surface area contributed by atoms with E-state index in [0.29, 0.717) is 0 Å². The Morgan fingerprint density at radius 3 is 2.86 bits per heavy atom. The molecule has 0 amide bonds. The van der Waals surface area contributed by atoms with Crippen LogP contribution in [0.1, 0.15) is 24.9 Å². The van der Waals surface area contributed by atoms with Crippen molar-refractivity contribution in [3.05, 3.63) is 40.6 Å². The molecule has 1 rings (SSSR count). The monoisotopic (exact) mass is 276 g/mol. The first kappa shape index (κ1) is 13.6. The Bertz CT molecular complexity index is 315. The van der Waals surface area contributed by atoms with Gasteiger partial charge in [0.2, 0.25) is 0 Å². The average Bonchev–Trinajstić information content (AvgIpc) is 2.03. The average molecular weight is 278 g/mol. The minimum absolute atomic E-state index is 0. The number of rotatable bonds is 3. The van der Waals surface area contributed by atoms with Crippen LogP contribution >= 0.6 is 28.3 Å². The summed E-state index contributed by atoms with van der Waals surface area (Å²) < 4.78 is 0.823. The minimum atomic E-state index is -0.0134. The van der Waals surface area contributed by atoms with Crippen molar-refractivity contribution in [2.24, 2.45) is 5.73 Å². The summed E-state index contributed by atoms with van der Waals surface area (Å²) in [5.74, 6) is 0. The summed E-state index contributed by atoms with van der Waals surface area (Å²) in [4.78, 5) is 4.11. The molecule has 1 atom stereocenters. The highest BCUT2D eigenvalue weighted by Crippen LogP contribution is 2.23. The van der Waals surface area contributed by atoms with Gasteiger partial charge in [-0.05, 0) is 35.3 Å². The van der Waals surface area contributed by atoms with E-state index < -0.39 is 0 Å². The number of aromatic nitrogens is 1. The Kier molecular flexibility index (Phi) is 6.00. The highest BCUT2D eigenvalue weighted by atomic mass is 79.9. The zero-order valence-electron chi connectivity index (χ0n) is 8.03. The molecule has 0 aliphatic carbocycles. The van der Waals surface area contributed by atoms with Gasteiger partial charge in [0.25, 0.3) is 0 Å². The summed E-state index contributed by atoms with van der Waals surface area (Å²) in [6, 6.07) is 3.85. The summed E-state index contributed by atoms with van der Waals surface area (Å²) in [5, 5.41) is 0. The molecule has 2 N–H and O–H groups in total. The topological polar surface area (TPSA) is 38.9 Å². The van der Waals surface area contributed by atoms with Crippen LogP contribution in [-0.2, 0) is 0 Å². The van der Waals surface area contributed by atoms with Gasteiger partial charge in [-0.2, -0.15) is 0 Å². The largest absolute Gasteiger partial charge is 0.324 e. The first-order valence-corrected chi connectivity index (χ1v) is 4.91. The normalized spacial score (nSPS) is 11.6. The van der Waals surface area contributed by atoms with Crippen LogP contribution in [0.5, 0.6) is 0 Å². The van der Waals surface area contributed by atoms with Crippen LogP contribution in [0.15, 0.2) is 35.1 Å². The zero-order chi connectivity index (χ0) is 9.84. The van der Waals surface area contributed by atoms with E-state index >= 15 is 0 Å². The van der Waals surface area contributed by atoms with Gasteiger partial charge in [-0.1, -0.05) is 11.6 Å². The lowest BCUT2D eigenvalue weighted by molar-refractivity contribution is 0.709. The summed E-state index contributed by atoms with van der Waals surface area (Å²) in [6.45, 7) is 5.81. The highest BCUT2D eigenvalue weighted by Gasteiger charge is 2.09. The predicted octanol–water partition coefficient (Wildman–Crippen LogP) is 3.23. The van der Waals surface area contributed by atoms with Gasteiger partial charge >= 0.3 is 0 Å². The Morgan fingerprint density at radius 1 is 1.71 bits per heavy atom. The van der Waals surface area contributed by atoms with Crippen LogP contribution in [0.4, 0.5) is 0 Å². The first-order chi connectivity index (χ1) is 6.11. The van der Waals surface area contributed by atoms with Gasteiger partial charge in [0.05, 0.1) is 0 Å². The highest BCUT2D eigenvalue weighted by molar-refractivity contribution is 9.10. The molecule has 1 aromatic heterocycles. The Morgan fingerprint density at radius 2 is 2.36 bits per heavy atom. The summed E-state index contributed by atoms with van der Waals surface area (Å²) in [5.41, 5.74) is 8.09. The van der Waals surface area contributed by atoms with Crippen molar-refractivity contribution in [3.63, 3.8) is 0 Å². The van der Waals surface area contributed by atoms with Gasteiger partial charge in [0.1, 0.15) is 4.60 Å². The maximum atomic E-state index is 5.97. The molecule has 14 heavy (non-hydrogen) atoms. The van der Waals surface area contributed by atoms with Gasteiger partial charge < -0.3 is 5.73 Å². The van der Waals surface area contributed by atoms with Crippen LogP contribution in [0.3, 0.4) is 0 Å². The second-order valence-corrected chi connectivity index (χ2v) is 3.90. The van der Waals surface area contributed by atoms with Crippen molar-refractivity contribution in [1.82, 2.24) is 4.98 Å². The van der Waals surface area contributed by atoms with E-state index in [2.05, 4.69) is 27.5 Å². The summed E-state index contributed by atoms with van der Waals surface area (Å²) >= 11 is 3.37. The van der Waals surface area contributed by atoms with E-state index in [0.717, 1.165) is 22.2 Å². The SMILES string of the molecule is C=C(C)C[C@@H](N)c1cccnc1Br.Cl. The van der Waals surface area contributed by atoms with E-state index in [4.69, 9.17) is 5.73 Å². The van der Waals surface area contributed by atoms with Crippen molar-refractivity contribution in [2.75, 3.05) is 0 Å². The Balaban J connectivity index is 0.00000169. The van der Waals surface area contributed by atoms with Crippen LogP contribution in [0.25, 0.3) is 0 Å². The number of hydrogen-bond donors (Lipinski definition) is 1. The van der Waals surface area contributed by atoms with Gasteiger partial charge in [-0.25, -0.2) is 4.98 Å². The van der Waals surface area contributed by atoms with Crippen molar-refractivity contribution in [3.8, 4) is 0 Å². The lowest BCUT2D eigenvalue weighted by Gasteiger charge is -2.12. The molecule has 4 heteroatoms. The predicted molar refractivity (Wildman–Crippen MR) is 65.5 cm³/mol. The third-order valence-corrected chi connectivity index (χ3v) is 2.42. The van der Waals surface area contributed by atoms with Gasteiger partial charge in [-0.3, -0.25) is 0 Å². The van der Waals surface area contributed by atoms with Gasteiger partial charge in [0.15, 0.2) is 0 Å². The molecule has 0 bridgehead atoms. The molecule has 0 fully saturated rings. The van der Waals surface area contributed by atoms with Gasteiger partial charge in [-0.15, -0.1) is 19.0 Å². The van der Waals surface area contributed by atoms with Gasteiger partial charge in [0, 0.05) is 17.8 Å². The van der Waals surface area contributed by atoms with E-state index in [1.807, 2.05) is 19.1 Å². The third-order valence-electron chi connectivity index (χ3n) is 1.76. The zero-order valence-corrected chi connectivity index (χ0v) is 10.4. The number of pyridine rings is 1. The van der Waals surface area contributed by atoms with E-state index in [1.54, 1.807) is 6.20 Å². The maximum Gasteiger partial charge on any atom is 0.110 e. The van der Waals surface area contributed by atoms with Crippen LogP contribution < -0.4 is 5.73 Å². The van der Waals surface area contributed by atoms with E-state index in [1.165, 1.54) is 0 Å². The second-order valence-electron chi connectivity index (χ2n) is 3.15. The number of halogens is 2. The van der Waals surface area contributed by atoms with Crippen molar-refractivity contribution in [2.45, 2.75) is 19.4 Å². The fourth-order valence-corrected chi connectivity index (χ4v) is 1.70. The fraction of sp³-hybridized carbons (Fsp3) is 0.300. The molecular formula is C10H14BrClN2. The fourth-order valence-electron chi connectivity index (χ4n) is 1.16. The molecule has 0 unspecified atom stereocenters. The molecule has 1 aromatic rings. The summed E-state index contributed by atoms with van der Waals surface area (Å²) in [7, 11) is 0. The summed E-state index contributed by atoms with van der Waals surface area (Å²) in [6.07, 6.45) is 2.53. The lowest BCUT2D eigenvalue weighted by atomic mass is 10.0. The molecule has 0 aliphatic rings. The molecule has 78 valence electrons. The Hall–Kier alpha value is -0.380.